The third kappa shape index (κ3) is 7.43. The van der Waals surface area contributed by atoms with Gasteiger partial charge in [0.15, 0.2) is 0 Å². The predicted molar refractivity (Wildman–Crippen MR) is 82.8 cm³/mol. The molecule has 2 N–H and O–H groups in total. The van der Waals surface area contributed by atoms with E-state index >= 15 is 0 Å². The Bertz CT molecular complexity index is 404. The first kappa shape index (κ1) is 17.9. The maximum absolute atomic E-state index is 9.98. The number of methoxy groups -OCH3 is 1. The van der Waals surface area contributed by atoms with Crippen molar-refractivity contribution in [2.75, 3.05) is 40.5 Å². The van der Waals surface area contributed by atoms with E-state index in [0.717, 1.165) is 16.9 Å². The topological polar surface area (TPSA) is 62.2 Å². The molecule has 0 aromatic heterocycles. The van der Waals surface area contributed by atoms with Crippen LogP contribution in [0.3, 0.4) is 0 Å². The van der Waals surface area contributed by atoms with Crippen molar-refractivity contribution in [2.24, 2.45) is 0 Å². The van der Waals surface area contributed by atoms with Gasteiger partial charge >= 0.3 is 0 Å². The van der Waals surface area contributed by atoms with Gasteiger partial charge in [-0.3, -0.25) is 0 Å². The minimum absolute atomic E-state index is 0.230. The van der Waals surface area contributed by atoms with Gasteiger partial charge in [-0.2, -0.15) is 0 Å². The maximum Gasteiger partial charge on any atom is 0.119 e. The molecule has 5 nitrogen and oxygen atoms in total. The number of hydrogen-bond donors (Lipinski definition) is 2. The highest BCUT2D eigenvalue weighted by molar-refractivity contribution is 5.32. The fraction of sp³-hybridized carbons (Fsp3) is 0.625. The van der Waals surface area contributed by atoms with Crippen molar-refractivity contribution in [1.82, 2.24) is 4.90 Å². The van der Waals surface area contributed by atoms with E-state index in [1.165, 1.54) is 0 Å². The standard InChI is InChI=1S/C16H27NO4/c1-12-5-13(2)7-16(6-12)21-11-15(19)9-17(3)8-14(18)10-20-4/h5-7,14-15,18-19H,8-11H2,1-4H3. The highest BCUT2D eigenvalue weighted by Gasteiger charge is 2.13. The fourth-order valence-corrected chi connectivity index (χ4v) is 2.30. The predicted octanol–water partition coefficient (Wildman–Crippen LogP) is 0.982. The zero-order valence-electron chi connectivity index (χ0n) is 13.4. The minimum atomic E-state index is -0.606. The van der Waals surface area contributed by atoms with E-state index in [2.05, 4.69) is 6.07 Å². The monoisotopic (exact) mass is 297 g/mol. The summed E-state index contributed by atoms with van der Waals surface area (Å²) < 4.78 is 10.5. The molecule has 0 amide bonds. The van der Waals surface area contributed by atoms with Crippen molar-refractivity contribution in [1.29, 1.82) is 0 Å². The number of rotatable bonds is 9. The SMILES string of the molecule is COCC(O)CN(C)CC(O)COc1cc(C)cc(C)c1. The molecule has 2 unspecified atom stereocenters. The number of likely N-dealkylation sites (N-methyl/N-ethyl adjacent to an activating group) is 1. The summed E-state index contributed by atoms with van der Waals surface area (Å²) in [4.78, 5) is 1.86. The number of ether oxygens (including phenoxy) is 2. The molecule has 0 fully saturated rings. The quantitative estimate of drug-likeness (QED) is 0.711. The van der Waals surface area contributed by atoms with Gasteiger partial charge in [0.2, 0.25) is 0 Å². The van der Waals surface area contributed by atoms with Gasteiger partial charge < -0.3 is 24.6 Å². The number of aryl methyl sites for hydroxylation is 2. The van der Waals surface area contributed by atoms with Gasteiger partial charge in [-0.05, 0) is 44.2 Å². The van der Waals surface area contributed by atoms with Crippen molar-refractivity contribution in [2.45, 2.75) is 26.1 Å². The first-order chi connectivity index (χ1) is 9.90. The Labute approximate surface area is 127 Å². The molecule has 0 aliphatic rings. The number of aliphatic hydroxyl groups is 2. The number of benzene rings is 1. The largest absolute Gasteiger partial charge is 0.491 e. The normalized spacial score (nSPS) is 14.2. The third-order valence-electron chi connectivity index (χ3n) is 3.04. The van der Waals surface area contributed by atoms with Gasteiger partial charge in [-0.15, -0.1) is 0 Å². The first-order valence-corrected chi connectivity index (χ1v) is 7.15. The van der Waals surface area contributed by atoms with Gasteiger partial charge in [0, 0.05) is 20.2 Å². The van der Waals surface area contributed by atoms with Crippen molar-refractivity contribution in [3.05, 3.63) is 29.3 Å². The van der Waals surface area contributed by atoms with E-state index in [-0.39, 0.29) is 6.61 Å². The average Bonchev–Trinajstić information content (AvgIpc) is 2.35. The molecule has 0 saturated carbocycles. The summed E-state index contributed by atoms with van der Waals surface area (Å²) in [5.41, 5.74) is 2.28. The molecule has 0 radical (unpaired) electrons. The number of nitrogens with zero attached hydrogens (tertiary/aromatic N) is 1. The Kier molecular flexibility index (Phi) is 7.67. The van der Waals surface area contributed by atoms with Crippen LogP contribution in [0.15, 0.2) is 18.2 Å². The fourth-order valence-electron chi connectivity index (χ4n) is 2.30. The molecule has 0 saturated heterocycles. The Hall–Kier alpha value is -1.14. The van der Waals surface area contributed by atoms with Crippen LogP contribution in [0.25, 0.3) is 0 Å². The lowest BCUT2D eigenvalue weighted by molar-refractivity contribution is 0.0243. The first-order valence-electron chi connectivity index (χ1n) is 7.15. The lowest BCUT2D eigenvalue weighted by Gasteiger charge is -2.23. The van der Waals surface area contributed by atoms with Crippen LogP contribution in [-0.4, -0.2) is 67.8 Å². The van der Waals surface area contributed by atoms with Crippen LogP contribution < -0.4 is 4.74 Å². The second-order valence-corrected chi connectivity index (χ2v) is 5.62. The molecule has 0 aliphatic heterocycles. The van der Waals surface area contributed by atoms with Crippen LogP contribution >= 0.6 is 0 Å². The zero-order chi connectivity index (χ0) is 15.8. The van der Waals surface area contributed by atoms with Gasteiger partial charge in [0.05, 0.1) is 12.7 Å². The van der Waals surface area contributed by atoms with Crippen molar-refractivity contribution in [3.8, 4) is 5.75 Å². The second-order valence-electron chi connectivity index (χ2n) is 5.62. The summed E-state index contributed by atoms with van der Waals surface area (Å²) in [6, 6.07) is 5.98. The Balaban J connectivity index is 2.34. The molecule has 5 heteroatoms. The summed E-state index contributed by atoms with van der Waals surface area (Å²) >= 11 is 0. The van der Waals surface area contributed by atoms with E-state index in [1.54, 1.807) is 7.11 Å². The summed E-state index contributed by atoms with van der Waals surface area (Å²) in [7, 11) is 3.40. The maximum atomic E-state index is 9.98. The van der Waals surface area contributed by atoms with Crippen molar-refractivity contribution in [3.63, 3.8) is 0 Å². The Morgan fingerprint density at radius 3 is 2.05 bits per heavy atom. The van der Waals surface area contributed by atoms with Gasteiger partial charge in [-0.25, -0.2) is 0 Å². The van der Waals surface area contributed by atoms with Crippen molar-refractivity contribution < 1.29 is 19.7 Å². The molecule has 0 bridgehead atoms. The molecule has 120 valence electrons. The molecular weight excluding hydrogens is 270 g/mol. The lowest BCUT2D eigenvalue weighted by atomic mass is 10.1. The van der Waals surface area contributed by atoms with Crippen LogP contribution in [0.5, 0.6) is 5.75 Å². The summed E-state index contributed by atoms with van der Waals surface area (Å²) in [6.07, 6.45) is -1.15. The molecule has 0 aliphatic carbocycles. The minimum Gasteiger partial charge on any atom is -0.491 e. The van der Waals surface area contributed by atoms with Crippen LogP contribution in [0.2, 0.25) is 0 Å². The molecule has 1 aromatic rings. The molecule has 2 atom stereocenters. The van der Waals surface area contributed by atoms with Gasteiger partial charge in [0.1, 0.15) is 18.5 Å². The second kappa shape index (κ2) is 9.00. The van der Waals surface area contributed by atoms with E-state index < -0.39 is 12.2 Å². The molecule has 21 heavy (non-hydrogen) atoms. The van der Waals surface area contributed by atoms with Crippen LogP contribution in [0, 0.1) is 13.8 Å². The molecular formula is C16H27NO4. The number of hydrogen-bond acceptors (Lipinski definition) is 5. The van der Waals surface area contributed by atoms with Crippen LogP contribution in [0.4, 0.5) is 0 Å². The summed E-state index contributed by atoms with van der Waals surface area (Å²) in [6.45, 7) is 5.44. The van der Waals surface area contributed by atoms with Crippen molar-refractivity contribution >= 4 is 0 Å². The van der Waals surface area contributed by atoms with E-state index in [0.29, 0.717) is 19.7 Å². The Morgan fingerprint density at radius 1 is 1.00 bits per heavy atom. The van der Waals surface area contributed by atoms with E-state index in [9.17, 15) is 10.2 Å². The van der Waals surface area contributed by atoms with Crippen LogP contribution in [-0.2, 0) is 4.74 Å². The average molecular weight is 297 g/mol. The smallest absolute Gasteiger partial charge is 0.119 e. The number of aliphatic hydroxyl groups excluding tert-OH is 2. The highest BCUT2D eigenvalue weighted by Crippen LogP contribution is 2.16. The lowest BCUT2D eigenvalue weighted by Crippen LogP contribution is -2.38. The Morgan fingerprint density at radius 2 is 1.52 bits per heavy atom. The molecule has 0 spiro atoms. The summed E-state index contributed by atoms with van der Waals surface area (Å²) in [5.74, 6) is 0.772. The highest BCUT2D eigenvalue weighted by atomic mass is 16.5. The van der Waals surface area contributed by atoms with Gasteiger partial charge in [0.25, 0.3) is 0 Å². The van der Waals surface area contributed by atoms with Gasteiger partial charge in [-0.1, -0.05) is 6.07 Å². The van der Waals surface area contributed by atoms with E-state index in [4.69, 9.17) is 9.47 Å². The van der Waals surface area contributed by atoms with E-state index in [1.807, 2.05) is 37.9 Å². The third-order valence-corrected chi connectivity index (χ3v) is 3.04. The molecule has 1 aromatic carbocycles. The summed E-state index contributed by atoms with van der Waals surface area (Å²) in [5, 5.41) is 19.6. The molecule has 0 heterocycles. The van der Waals surface area contributed by atoms with Crippen LogP contribution in [0.1, 0.15) is 11.1 Å². The zero-order valence-corrected chi connectivity index (χ0v) is 13.4. The molecule has 1 rings (SSSR count).